The summed E-state index contributed by atoms with van der Waals surface area (Å²) in [5.41, 5.74) is 6.77. The number of hydrogen-bond acceptors (Lipinski definition) is 1. The van der Waals surface area contributed by atoms with Gasteiger partial charge in [-0.25, -0.2) is 0 Å². The van der Waals surface area contributed by atoms with E-state index in [1.54, 1.807) is 0 Å². The third kappa shape index (κ3) is 3.61. The molecule has 0 aromatic heterocycles. The van der Waals surface area contributed by atoms with Crippen LogP contribution in [0.2, 0.25) is 0 Å². The molecule has 1 saturated carbocycles. The topological polar surface area (TPSA) is 26.0 Å². The molecule has 0 amide bonds. The molecule has 14 heavy (non-hydrogen) atoms. The lowest BCUT2D eigenvalue weighted by molar-refractivity contribution is 0.104. The number of hydrogen-bond donors (Lipinski definition) is 1. The molecule has 0 aromatic carbocycles. The van der Waals surface area contributed by atoms with Crippen LogP contribution in [0.15, 0.2) is 0 Å². The van der Waals surface area contributed by atoms with Gasteiger partial charge in [0, 0.05) is 5.54 Å². The van der Waals surface area contributed by atoms with E-state index in [0.29, 0.717) is 5.41 Å². The van der Waals surface area contributed by atoms with Crippen LogP contribution in [0.4, 0.5) is 0 Å². The fourth-order valence-electron chi connectivity index (χ4n) is 1.97. The molecule has 1 aliphatic rings. The van der Waals surface area contributed by atoms with Gasteiger partial charge in [-0.3, -0.25) is 0 Å². The van der Waals surface area contributed by atoms with Crippen LogP contribution in [0.3, 0.4) is 0 Å². The van der Waals surface area contributed by atoms with E-state index < -0.39 is 0 Å². The van der Waals surface area contributed by atoms with Gasteiger partial charge >= 0.3 is 0 Å². The lowest BCUT2D eigenvalue weighted by Gasteiger charge is -2.43. The maximum absolute atomic E-state index is 6.10. The molecular formula is C13H29N. The Balaban J connectivity index is 0.000000791. The zero-order valence-electron chi connectivity index (χ0n) is 11.0. The van der Waals surface area contributed by atoms with Gasteiger partial charge in [0.25, 0.3) is 0 Å². The van der Waals surface area contributed by atoms with Crippen LogP contribution < -0.4 is 5.73 Å². The first-order valence-corrected chi connectivity index (χ1v) is 6.15. The van der Waals surface area contributed by atoms with Crippen LogP contribution in [0.1, 0.15) is 67.2 Å². The summed E-state index contributed by atoms with van der Waals surface area (Å²) >= 11 is 0. The molecule has 1 aliphatic carbocycles. The van der Waals surface area contributed by atoms with Gasteiger partial charge in [-0.1, -0.05) is 34.6 Å². The van der Waals surface area contributed by atoms with E-state index in [4.69, 9.17) is 5.73 Å². The Hall–Kier alpha value is -0.0400. The number of rotatable bonds is 1. The van der Waals surface area contributed by atoms with Gasteiger partial charge in [-0.2, -0.15) is 0 Å². The highest BCUT2D eigenvalue weighted by atomic mass is 14.7. The van der Waals surface area contributed by atoms with E-state index in [1.807, 2.05) is 13.8 Å². The van der Waals surface area contributed by atoms with Crippen LogP contribution in [-0.4, -0.2) is 5.54 Å². The molecule has 1 rings (SSSR count). The van der Waals surface area contributed by atoms with Crippen molar-refractivity contribution in [3.63, 3.8) is 0 Å². The fraction of sp³-hybridized carbons (Fsp3) is 1.00. The third-order valence-electron chi connectivity index (χ3n) is 3.93. The fourth-order valence-corrected chi connectivity index (χ4v) is 1.97. The van der Waals surface area contributed by atoms with Crippen LogP contribution in [0.25, 0.3) is 0 Å². The van der Waals surface area contributed by atoms with Crippen molar-refractivity contribution in [3.05, 3.63) is 0 Å². The summed E-state index contributed by atoms with van der Waals surface area (Å²) in [6.45, 7) is 13.3. The molecule has 0 unspecified atom stereocenters. The molecule has 86 valence electrons. The minimum absolute atomic E-state index is 0.119. The molecule has 0 aromatic rings. The Morgan fingerprint density at radius 2 is 1.29 bits per heavy atom. The van der Waals surface area contributed by atoms with Gasteiger partial charge in [-0.15, -0.1) is 0 Å². The van der Waals surface area contributed by atoms with Gasteiger partial charge < -0.3 is 5.73 Å². The summed E-state index contributed by atoms with van der Waals surface area (Å²) in [5, 5.41) is 0. The van der Waals surface area contributed by atoms with Gasteiger partial charge in [0.2, 0.25) is 0 Å². The van der Waals surface area contributed by atoms with Crippen molar-refractivity contribution >= 4 is 0 Å². The van der Waals surface area contributed by atoms with Crippen molar-refractivity contribution in [2.75, 3.05) is 0 Å². The molecule has 1 fully saturated rings. The molecule has 0 bridgehead atoms. The highest BCUT2D eigenvalue weighted by molar-refractivity contribution is 4.92. The predicted molar refractivity (Wildman–Crippen MR) is 65.4 cm³/mol. The van der Waals surface area contributed by atoms with E-state index >= 15 is 0 Å². The van der Waals surface area contributed by atoms with Crippen molar-refractivity contribution in [1.29, 1.82) is 0 Å². The molecule has 0 spiro atoms. The second-order valence-corrected chi connectivity index (χ2v) is 5.46. The lowest BCUT2D eigenvalue weighted by atomic mass is 9.64. The van der Waals surface area contributed by atoms with Crippen molar-refractivity contribution in [2.24, 2.45) is 17.1 Å². The van der Waals surface area contributed by atoms with Gasteiger partial charge in [0.15, 0.2) is 0 Å². The molecule has 0 heterocycles. The second-order valence-electron chi connectivity index (χ2n) is 5.46. The van der Waals surface area contributed by atoms with Crippen molar-refractivity contribution in [2.45, 2.75) is 72.8 Å². The third-order valence-corrected chi connectivity index (χ3v) is 3.93. The first-order valence-electron chi connectivity index (χ1n) is 6.15. The first-order chi connectivity index (χ1) is 6.36. The van der Waals surface area contributed by atoms with Crippen LogP contribution in [0, 0.1) is 11.3 Å². The molecule has 0 saturated heterocycles. The summed E-state index contributed by atoms with van der Waals surface area (Å²) in [6.07, 6.45) is 5.00. The van der Waals surface area contributed by atoms with Crippen molar-refractivity contribution < 1.29 is 0 Å². The first kappa shape index (κ1) is 14.0. The highest BCUT2D eigenvalue weighted by Gasteiger charge is 2.36. The van der Waals surface area contributed by atoms with Crippen molar-refractivity contribution in [1.82, 2.24) is 0 Å². The standard InChI is InChI=1S/C11H23N.C2H6/c1-9(2)10(3)5-7-11(4,12)8-6-10;1-2/h9H,5-8,12H2,1-4H3;1-2H3. The Morgan fingerprint density at radius 3 is 1.57 bits per heavy atom. The van der Waals surface area contributed by atoms with E-state index in [0.717, 1.165) is 5.92 Å². The summed E-state index contributed by atoms with van der Waals surface area (Å²) in [5.74, 6) is 0.800. The minimum atomic E-state index is 0.119. The Bertz CT molecular complexity index is 149. The second kappa shape index (κ2) is 5.16. The van der Waals surface area contributed by atoms with E-state index in [1.165, 1.54) is 25.7 Å². The summed E-state index contributed by atoms with van der Waals surface area (Å²) in [4.78, 5) is 0. The Kier molecular flexibility index (Phi) is 5.14. The van der Waals surface area contributed by atoms with E-state index in [-0.39, 0.29) is 5.54 Å². The summed E-state index contributed by atoms with van der Waals surface area (Å²) in [7, 11) is 0. The zero-order chi connectivity index (χ0) is 11.4. The van der Waals surface area contributed by atoms with Crippen LogP contribution in [0.5, 0.6) is 0 Å². The van der Waals surface area contributed by atoms with Crippen molar-refractivity contribution in [3.8, 4) is 0 Å². The summed E-state index contributed by atoms with van der Waals surface area (Å²) in [6, 6.07) is 0. The Labute approximate surface area is 90.5 Å². The lowest BCUT2D eigenvalue weighted by Crippen LogP contribution is -2.44. The monoisotopic (exact) mass is 199 g/mol. The van der Waals surface area contributed by atoms with Gasteiger partial charge in [-0.05, 0) is 43.9 Å². The molecule has 0 aliphatic heterocycles. The molecule has 0 radical (unpaired) electrons. The minimum Gasteiger partial charge on any atom is -0.325 e. The maximum atomic E-state index is 6.10. The largest absolute Gasteiger partial charge is 0.325 e. The van der Waals surface area contributed by atoms with Crippen LogP contribution in [-0.2, 0) is 0 Å². The molecule has 1 nitrogen and oxygen atoms in total. The maximum Gasteiger partial charge on any atom is 0.0126 e. The average molecular weight is 199 g/mol. The quantitative estimate of drug-likeness (QED) is 0.679. The van der Waals surface area contributed by atoms with E-state index in [2.05, 4.69) is 27.7 Å². The molecule has 1 heteroatoms. The Morgan fingerprint density at radius 1 is 0.929 bits per heavy atom. The van der Waals surface area contributed by atoms with Gasteiger partial charge in [0.1, 0.15) is 0 Å². The molecule has 2 N–H and O–H groups in total. The molecular weight excluding hydrogens is 170 g/mol. The van der Waals surface area contributed by atoms with Gasteiger partial charge in [0.05, 0.1) is 0 Å². The smallest absolute Gasteiger partial charge is 0.0126 e. The highest BCUT2D eigenvalue weighted by Crippen LogP contribution is 2.44. The zero-order valence-corrected chi connectivity index (χ0v) is 11.0. The number of nitrogens with two attached hydrogens (primary N) is 1. The SMILES string of the molecule is CC.CC(C)C1(C)CCC(C)(N)CC1. The van der Waals surface area contributed by atoms with E-state index in [9.17, 15) is 0 Å². The summed E-state index contributed by atoms with van der Waals surface area (Å²) < 4.78 is 0. The van der Waals surface area contributed by atoms with Crippen LogP contribution >= 0.6 is 0 Å². The predicted octanol–water partition coefficient (Wildman–Crippen LogP) is 3.97. The normalized spacial score (nSPS) is 37.7. The average Bonchev–Trinajstić information content (AvgIpc) is 2.14. The molecule has 0 atom stereocenters.